The number of amides is 4. The number of fused-ring (bicyclic) bond motifs is 1. The SMILES string of the molecule is C=C[C@@H]1CCCC(NC(=O)[C@@H]2C[C@@H](Oc3nccc4cc(OC)ccc34)CN2C(=O)C(C=NC(=O)OC(C)(C)C)[C@H](C)OC)C1C(=O)N/S(=C/C)C1CC1. The van der Waals surface area contributed by atoms with Crippen molar-refractivity contribution in [3.05, 3.63) is 43.1 Å². The summed E-state index contributed by atoms with van der Waals surface area (Å²) in [6.45, 7) is 12.9. The monoisotopic (exact) mass is 765 g/mol. The maximum Gasteiger partial charge on any atom is 0.433 e. The van der Waals surface area contributed by atoms with E-state index in [0.717, 1.165) is 36.5 Å². The summed E-state index contributed by atoms with van der Waals surface area (Å²) in [7, 11) is 2.73. The maximum atomic E-state index is 14.5. The lowest BCUT2D eigenvalue weighted by molar-refractivity contribution is -0.143. The molecule has 13 nitrogen and oxygen atoms in total. The van der Waals surface area contributed by atoms with Crippen LogP contribution in [0.1, 0.15) is 73.1 Å². The van der Waals surface area contributed by atoms with E-state index >= 15 is 0 Å². The molecule has 1 aromatic carbocycles. The topological polar surface area (TPSA) is 158 Å². The summed E-state index contributed by atoms with van der Waals surface area (Å²) in [5.74, 6) is -1.56. The molecule has 0 spiro atoms. The Kier molecular flexibility index (Phi) is 13.5. The minimum atomic E-state index is -1.02. The van der Waals surface area contributed by atoms with Gasteiger partial charge in [-0.25, -0.2) is 9.78 Å². The van der Waals surface area contributed by atoms with E-state index in [1.807, 2.05) is 37.3 Å². The van der Waals surface area contributed by atoms with Crippen LogP contribution in [0.3, 0.4) is 0 Å². The fourth-order valence-electron chi connectivity index (χ4n) is 7.19. The number of nitrogens with zero attached hydrogens (tertiary/aromatic N) is 3. The van der Waals surface area contributed by atoms with Crippen LogP contribution >= 0.6 is 10.7 Å². The number of carbonyl (C=O) groups excluding carboxylic acids is 4. The highest BCUT2D eigenvalue weighted by Crippen LogP contribution is 2.39. The second kappa shape index (κ2) is 17.9. The normalized spacial score (nSPS) is 24.8. The van der Waals surface area contributed by atoms with E-state index < -0.39 is 59.6 Å². The van der Waals surface area contributed by atoms with Crippen LogP contribution in [0.4, 0.5) is 4.79 Å². The lowest BCUT2D eigenvalue weighted by atomic mass is 9.75. The molecule has 8 atom stereocenters. The smallest absolute Gasteiger partial charge is 0.433 e. The predicted molar refractivity (Wildman–Crippen MR) is 211 cm³/mol. The second-order valence-corrected chi connectivity index (χ2v) is 17.2. The third-order valence-corrected chi connectivity index (χ3v) is 12.3. The average Bonchev–Trinajstić information content (AvgIpc) is 3.91. The fourth-order valence-corrected chi connectivity index (χ4v) is 8.87. The molecule has 0 bridgehead atoms. The Balaban J connectivity index is 1.43. The van der Waals surface area contributed by atoms with Gasteiger partial charge in [0.05, 0.1) is 31.6 Å². The lowest BCUT2D eigenvalue weighted by Gasteiger charge is -2.37. The third kappa shape index (κ3) is 10.1. The van der Waals surface area contributed by atoms with Crippen molar-refractivity contribution >= 4 is 56.8 Å². The van der Waals surface area contributed by atoms with Gasteiger partial charge in [0, 0.05) is 42.6 Å². The molecule has 2 aliphatic carbocycles. The Morgan fingerprint density at radius 3 is 2.50 bits per heavy atom. The molecule has 3 aliphatic rings. The van der Waals surface area contributed by atoms with Crippen molar-refractivity contribution in [3.8, 4) is 11.6 Å². The van der Waals surface area contributed by atoms with Crippen molar-refractivity contribution in [2.45, 2.75) is 108 Å². The Bertz CT molecular complexity index is 1770. The van der Waals surface area contributed by atoms with Crippen molar-refractivity contribution in [1.29, 1.82) is 0 Å². The molecule has 2 saturated carbocycles. The van der Waals surface area contributed by atoms with Gasteiger partial charge in [-0.15, -0.1) is 6.58 Å². The number of aliphatic imine (C=N–C) groups is 1. The molecule has 3 fully saturated rings. The molecule has 0 radical (unpaired) electrons. The lowest BCUT2D eigenvalue weighted by Crippen LogP contribution is -2.56. The number of hydrogen-bond donors (Lipinski definition) is 2. The minimum absolute atomic E-state index is 0.0543. The van der Waals surface area contributed by atoms with Crippen LogP contribution in [0, 0.1) is 17.8 Å². The zero-order valence-corrected chi connectivity index (χ0v) is 33.2. The van der Waals surface area contributed by atoms with Gasteiger partial charge < -0.3 is 33.9 Å². The second-order valence-electron chi connectivity index (χ2n) is 15.2. The molecule has 54 heavy (non-hydrogen) atoms. The predicted octanol–water partition coefficient (Wildman–Crippen LogP) is 5.62. The highest BCUT2D eigenvalue weighted by atomic mass is 32.2. The van der Waals surface area contributed by atoms with Crippen LogP contribution in [-0.4, -0.2) is 101 Å². The van der Waals surface area contributed by atoms with E-state index in [2.05, 4.69) is 32.0 Å². The highest BCUT2D eigenvalue weighted by Gasteiger charge is 2.46. The first kappa shape index (κ1) is 40.9. The Morgan fingerprint density at radius 2 is 1.85 bits per heavy atom. The van der Waals surface area contributed by atoms with Gasteiger partial charge in [-0.2, -0.15) is 4.99 Å². The number of ether oxygens (including phenoxy) is 4. The molecule has 2 heterocycles. The van der Waals surface area contributed by atoms with Gasteiger partial charge in [-0.05, 0) is 101 Å². The number of pyridine rings is 1. The van der Waals surface area contributed by atoms with E-state index in [4.69, 9.17) is 18.9 Å². The molecule has 1 aromatic heterocycles. The summed E-state index contributed by atoms with van der Waals surface area (Å²) in [5, 5.41) is 7.32. The van der Waals surface area contributed by atoms with Gasteiger partial charge in [-0.3, -0.25) is 14.4 Å². The summed E-state index contributed by atoms with van der Waals surface area (Å²) >= 11 is 0. The zero-order valence-electron chi connectivity index (χ0n) is 32.4. The number of carbonyl (C=O) groups is 4. The van der Waals surface area contributed by atoms with E-state index in [1.54, 1.807) is 41.0 Å². The van der Waals surface area contributed by atoms with Gasteiger partial charge in [0.2, 0.25) is 23.6 Å². The van der Waals surface area contributed by atoms with Crippen LogP contribution in [0.15, 0.2) is 48.1 Å². The van der Waals surface area contributed by atoms with Crippen molar-refractivity contribution in [1.82, 2.24) is 19.9 Å². The Hall–Kier alpha value is -4.30. The van der Waals surface area contributed by atoms with Crippen molar-refractivity contribution in [2.75, 3.05) is 20.8 Å². The summed E-state index contributed by atoms with van der Waals surface area (Å²) < 4.78 is 26.0. The first-order valence-electron chi connectivity index (χ1n) is 18.7. The van der Waals surface area contributed by atoms with E-state index in [0.29, 0.717) is 23.3 Å². The molecule has 1 aliphatic heterocycles. The van der Waals surface area contributed by atoms with E-state index in [-0.39, 0.29) is 35.5 Å². The van der Waals surface area contributed by atoms with E-state index in [9.17, 15) is 19.2 Å². The average molecular weight is 766 g/mol. The van der Waals surface area contributed by atoms with Crippen LogP contribution in [0.5, 0.6) is 11.6 Å². The van der Waals surface area contributed by atoms with Gasteiger partial charge in [0.1, 0.15) is 23.5 Å². The third-order valence-electron chi connectivity index (χ3n) is 10.2. The Morgan fingerprint density at radius 1 is 1.09 bits per heavy atom. The fraction of sp³-hybridized carbons (Fsp3) is 0.575. The molecule has 4 unspecified atom stereocenters. The van der Waals surface area contributed by atoms with Gasteiger partial charge in [0.15, 0.2) is 0 Å². The molecule has 1 saturated heterocycles. The molecule has 4 amide bonds. The van der Waals surface area contributed by atoms with Crippen molar-refractivity contribution in [2.24, 2.45) is 22.7 Å². The van der Waals surface area contributed by atoms with Crippen molar-refractivity contribution in [3.63, 3.8) is 0 Å². The number of hydrogen-bond acceptors (Lipinski definition) is 9. The van der Waals surface area contributed by atoms with Gasteiger partial charge in [0.25, 0.3) is 0 Å². The van der Waals surface area contributed by atoms with Crippen LogP contribution < -0.4 is 19.5 Å². The van der Waals surface area contributed by atoms with E-state index in [1.165, 1.54) is 18.2 Å². The van der Waals surface area contributed by atoms with Gasteiger partial charge >= 0.3 is 6.09 Å². The van der Waals surface area contributed by atoms with Crippen LogP contribution in [-0.2, 0) is 23.9 Å². The zero-order chi connectivity index (χ0) is 39.2. The number of aromatic nitrogens is 1. The molecule has 14 heteroatoms. The summed E-state index contributed by atoms with van der Waals surface area (Å²) in [6.07, 6.45) is 7.08. The molecule has 5 rings (SSSR count). The quantitative estimate of drug-likeness (QED) is 0.150. The molecule has 2 N–H and O–H groups in total. The molecule has 2 aromatic rings. The Labute approximate surface area is 320 Å². The molecule has 294 valence electrons. The van der Waals surface area contributed by atoms with Crippen LogP contribution in [0.2, 0.25) is 0 Å². The number of allylic oxidation sites excluding steroid dienone is 1. The summed E-state index contributed by atoms with van der Waals surface area (Å²) in [4.78, 5) is 65.3. The number of likely N-dealkylation sites (tertiary alicyclic amines) is 1. The minimum Gasteiger partial charge on any atom is -0.497 e. The standard InChI is InChI=1S/C40H55N5O8S/c1-9-25-12-11-13-32(34(25)36(47)44-54(10-2)29-15-16-29)43-35(46)33-21-28(52-37-30-17-14-27(51-8)20-26(30)18-19-41-37)23-45(33)38(48)31(24(3)50-7)22-42-39(49)53-40(4,5)6/h9-10,14,17-20,22,24-25,28-29,31-34H,1,11-13,15-16,21,23H2,2-8H3,(H,43,46)(H,44,47)/t24-,25+,28+,31?,32?,33-,34?,54?/m0/s1. The first-order chi connectivity index (χ1) is 25.8. The number of rotatable bonds is 13. The molecular formula is C40H55N5O8S. The number of benzene rings is 1. The molecular weight excluding hydrogens is 711 g/mol. The van der Waals surface area contributed by atoms with Crippen molar-refractivity contribution < 1.29 is 38.1 Å². The number of nitrogens with one attached hydrogen (secondary N) is 2. The highest BCUT2D eigenvalue weighted by molar-refractivity contribution is 8.14. The largest absolute Gasteiger partial charge is 0.497 e. The maximum absolute atomic E-state index is 14.5. The number of methoxy groups -OCH3 is 2. The van der Waals surface area contributed by atoms with Crippen LogP contribution in [0.25, 0.3) is 10.8 Å². The first-order valence-corrected chi connectivity index (χ1v) is 20.1. The summed E-state index contributed by atoms with van der Waals surface area (Å²) in [6, 6.07) is 5.98. The van der Waals surface area contributed by atoms with Gasteiger partial charge in [-0.1, -0.05) is 23.2 Å². The summed E-state index contributed by atoms with van der Waals surface area (Å²) in [5.41, 5.74) is -0.781.